The van der Waals surface area contributed by atoms with E-state index in [-0.39, 0.29) is 12.0 Å². The first-order chi connectivity index (χ1) is 5.09. The molecule has 0 aliphatic carbocycles. The van der Waals surface area contributed by atoms with Gasteiger partial charge in [-0.25, -0.2) is 0 Å². The number of carbonyl (C=O) groups excluding carboxylic acids is 3. The smallest absolute Gasteiger partial charge is 0.251 e. The second kappa shape index (κ2) is 2.84. The monoisotopic (exact) mass is 173 g/mol. The van der Waals surface area contributed by atoms with Crippen LogP contribution in [0.2, 0.25) is 0 Å². The number of hydrogen-bond acceptors (Lipinski definition) is 3. The van der Waals surface area contributed by atoms with E-state index in [9.17, 15) is 14.4 Å². The quantitative estimate of drug-likeness (QED) is 0.438. The third-order valence-corrected chi connectivity index (χ3v) is 1.41. The largest absolute Gasteiger partial charge is 0.293 e. The highest BCUT2D eigenvalue weighted by Gasteiger charge is 2.19. The minimum atomic E-state index is -0.756. The number of amides is 2. The Balaban J connectivity index is 2.89. The predicted molar refractivity (Wildman–Crippen MR) is 36.7 cm³/mol. The molecular formula is C6H4ClNO3. The SMILES string of the molecule is O=C1C=C(C(=O)Cl)CC(=O)N1. The number of halogens is 1. The number of imide groups is 1. The van der Waals surface area contributed by atoms with E-state index in [4.69, 9.17) is 11.6 Å². The van der Waals surface area contributed by atoms with E-state index in [1.807, 2.05) is 5.32 Å². The lowest BCUT2D eigenvalue weighted by atomic mass is 10.1. The summed E-state index contributed by atoms with van der Waals surface area (Å²) in [5.41, 5.74) is 0.0421. The van der Waals surface area contributed by atoms with Gasteiger partial charge in [0.05, 0.1) is 6.42 Å². The molecule has 0 spiro atoms. The fraction of sp³-hybridized carbons (Fsp3) is 0.167. The van der Waals surface area contributed by atoms with Gasteiger partial charge < -0.3 is 0 Å². The molecule has 11 heavy (non-hydrogen) atoms. The zero-order chi connectivity index (χ0) is 8.43. The van der Waals surface area contributed by atoms with Gasteiger partial charge in [-0.2, -0.15) is 0 Å². The normalized spacial score (nSPS) is 17.4. The predicted octanol–water partition coefficient (Wildman–Crippen LogP) is -0.275. The van der Waals surface area contributed by atoms with Gasteiger partial charge in [0.1, 0.15) is 0 Å². The molecule has 4 nitrogen and oxygen atoms in total. The first-order valence-corrected chi connectivity index (χ1v) is 3.21. The molecule has 2 amide bonds. The fourth-order valence-electron chi connectivity index (χ4n) is 0.726. The number of nitrogens with one attached hydrogen (secondary N) is 1. The summed E-state index contributed by atoms with van der Waals surface area (Å²) >= 11 is 5.05. The van der Waals surface area contributed by atoms with E-state index in [2.05, 4.69) is 0 Å². The molecule has 1 aliphatic rings. The van der Waals surface area contributed by atoms with Gasteiger partial charge in [0.15, 0.2) is 0 Å². The Morgan fingerprint density at radius 3 is 2.64 bits per heavy atom. The molecule has 0 saturated carbocycles. The molecule has 1 heterocycles. The molecule has 0 radical (unpaired) electrons. The molecule has 1 aliphatic heterocycles. The Kier molecular flexibility index (Phi) is 2.05. The van der Waals surface area contributed by atoms with Gasteiger partial charge in [0, 0.05) is 11.6 Å². The molecule has 0 saturated heterocycles. The fourth-order valence-corrected chi connectivity index (χ4v) is 0.848. The van der Waals surface area contributed by atoms with Crippen LogP contribution in [0, 0.1) is 0 Å². The van der Waals surface area contributed by atoms with Crippen molar-refractivity contribution in [3.05, 3.63) is 11.6 Å². The second-order valence-corrected chi connectivity index (χ2v) is 2.38. The zero-order valence-corrected chi connectivity index (χ0v) is 6.14. The minimum absolute atomic E-state index is 0.0421. The first kappa shape index (κ1) is 7.94. The van der Waals surface area contributed by atoms with Crippen molar-refractivity contribution < 1.29 is 14.4 Å². The maximum Gasteiger partial charge on any atom is 0.251 e. The summed E-state index contributed by atoms with van der Waals surface area (Å²) in [5, 5.41) is 1.24. The van der Waals surface area contributed by atoms with Crippen LogP contribution in [-0.4, -0.2) is 17.1 Å². The van der Waals surface area contributed by atoms with Gasteiger partial charge in [-0.1, -0.05) is 0 Å². The number of hydrogen-bond donors (Lipinski definition) is 1. The van der Waals surface area contributed by atoms with Crippen molar-refractivity contribution in [1.29, 1.82) is 0 Å². The van der Waals surface area contributed by atoms with Crippen LogP contribution in [0.5, 0.6) is 0 Å². The Morgan fingerprint density at radius 1 is 1.55 bits per heavy atom. The molecule has 0 bridgehead atoms. The molecule has 0 aromatic carbocycles. The van der Waals surface area contributed by atoms with Gasteiger partial charge >= 0.3 is 0 Å². The van der Waals surface area contributed by atoms with Gasteiger partial charge in [0.25, 0.3) is 5.91 Å². The molecule has 0 fully saturated rings. The van der Waals surface area contributed by atoms with E-state index < -0.39 is 17.1 Å². The van der Waals surface area contributed by atoms with E-state index in [0.717, 1.165) is 6.08 Å². The van der Waals surface area contributed by atoms with Gasteiger partial charge in [-0.05, 0) is 11.6 Å². The van der Waals surface area contributed by atoms with Crippen LogP contribution in [0.1, 0.15) is 6.42 Å². The van der Waals surface area contributed by atoms with Gasteiger partial charge in [-0.3, -0.25) is 19.7 Å². The van der Waals surface area contributed by atoms with Crippen molar-refractivity contribution in [3.8, 4) is 0 Å². The Labute approximate surface area is 67.2 Å². The van der Waals surface area contributed by atoms with E-state index in [1.54, 1.807) is 0 Å². The molecule has 5 heteroatoms. The second-order valence-electron chi connectivity index (χ2n) is 2.03. The maximum atomic E-state index is 10.6. The maximum absolute atomic E-state index is 10.6. The number of carbonyl (C=O) groups is 3. The van der Waals surface area contributed by atoms with E-state index >= 15 is 0 Å². The van der Waals surface area contributed by atoms with Crippen molar-refractivity contribution in [2.75, 3.05) is 0 Å². The van der Waals surface area contributed by atoms with Crippen LogP contribution in [0.15, 0.2) is 11.6 Å². The standard InChI is InChI=1S/C6H4ClNO3/c7-6(11)3-1-4(9)8-5(10)2-3/h1H,2H2,(H,8,9,10). The topological polar surface area (TPSA) is 63.2 Å². The molecule has 1 N–H and O–H groups in total. The summed E-state index contributed by atoms with van der Waals surface area (Å²) < 4.78 is 0. The van der Waals surface area contributed by atoms with Crippen molar-refractivity contribution in [3.63, 3.8) is 0 Å². The summed E-state index contributed by atoms with van der Waals surface area (Å²) in [6, 6.07) is 0. The third-order valence-electron chi connectivity index (χ3n) is 1.17. The van der Waals surface area contributed by atoms with Crippen LogP contribution in [0.3, 0.4) is 0 Å². The molecule has 58 valence electrons. The van der Waals surface area contributed by atoms with Crippen molar-refractivity contribution in [2.45, 2.75) is 6.42 Å². The summed E-state index contributed by atoms with van der Waals surface area (Å²) in [6.07, 6.45) is 0.908. The lowest BCUT2D eigenvalue weighted by molar-refractivity contribution is -0.129. The Bertz CT molecular complexity index is 269. The van der Waals surface area contributed by atoms with Gasteiger partial charge in [-0.15, -0.1) is 0 Å². The highest BCUT2D eigenvalue weighted by molar-refractivity contribution is 6.68. The lowest BCUT2D eigenvalue weighted by Crippen LogP contribution is -2.33. The Hall–Kier alpha value is -1.16. The summed E-state index contributed by atoms with van der Waals surface area (Å²) in [7, 11) is 0. The molecule has 1 rings (SSSR count). The molecule has 0 unspecified atom stereocenters. The molecule has 0 atom stereocenters. The van der Waals surface area contributed by atoms with Gasteiger partial charge in [0.2, 0.25) is 11.1 Å². The summed E-state index contributed by atoms with van der Waals surface area (Å²) in [4.78, 5) is 31.6. The van der Waals surface area contributed by atoms with E-state index in [1.165, 1.54) is 0 Å². The van der Waals surface area contributed by atoms with Crippen LogP contribution >= 0.6 is 11.6 Å². The summed E-state index contributed by atoms with van der Waals surface area (Å²) in [6.45, 7) is 0. The van der Waals surface area contributed by atoms with Crippen LogP contribution < -0.4 is 5.32 Å². The molecule has 0 aromatic rings. The van der Waals surface area contributed by atoms with Crippen molar-refractivity contribution in [2.24, 2.45) is 0 Å². The number of rotatable bonds is 1. The van der Waals surface area contributed by atoms with Crippen LogP contribution in [0.25, 0.3) is 0 Å². The highest BCUT2D eigenvalue weighted by Crippen LogP contribution is 2.09. The Morgan fingerprint density at radius 2 is 2.18 bits per heavy atom. The van der Waals surface area contributed by atoms with Crippen molar-refractivity contribution in [1.82, 2.24) is 5.32 Å². The highest BCUT2D eigenvalue weighted by atomic mass is 35.5. The van der Waals surface area contributed by atoms with Crippen molar-refractivity contribution >= 4 is 28.7 Å². The van der Waals surface area contributed by atoms with Crippen LogP contribution in [-0.2, 0) is 14.4 Å². The third kappa shape index (κ3) is 1.88. The van der Waals surface area contributed by atoms with E-state index in [0.29, 0.717) is 0 Å². The molecular weight excluding hydrogens is 170 g/mol. The minimum Gasteiger partial charge on any atom is -0.293 e. The average molecular weight is 174 g/mol. The lowest BCUT2D eigenvalue weighted by Gasteiger charge is -2.07. The zero-order valence-electron chi connectivity index (χ0n) is 5.39. The first-order valence-electron chi connectivity index (χ1n) is 2.84. The van der Waals surface area contributed by atoms with Crippen LogP contribution in [0.4, 0.5) is 0 Å². The average Bonchev–Trinajstić information content (AvgIpc) is 1.85. The molecule has 0 aromatic heterocycles. The summed E-state index contributed by atoms with van der Waals surface area (Å²) in [5.74, 6) is -1.09.